The molecule has 0 aromatic heterocycles. The quantitative estimate of drug-likeness (QED) is 0.842. The molecule has 3 N–H and O–H groups in total. The van der Waals surface area contributed by atoms with Gasteiger partial charge in [0.25, 0.3) is 0 Å². The van der Waals surface area contributed by atoms with Gasteiger partial charge in [0.15, 0.2) is 0 Å². The fourth-order valence-corrected chi connectivity index (χ4v) is 2.03. The average molecular weight is 257 g/mol. The number of rotatable bonds is 5. The first-order chi connectivity index (χ1) is 7.91. The van der Waals surface area contributed by atoms with Crippen LogP contribution in [0.5, 0.6) is 0 Å². The van der Waals surface area contributed by atoms with Gasteiger partial charge in [0, 0.05) is 17.1 Å². The number of carboxylic acid groups (broad SMARTS) is 1. The Kier molecular flexibility index (Phi) is 4.93. The van der Waals surface area contributed by atoms with Gasteiger partial charge in [-0.25, -0.2) is 0 Å². The van der Waals surface area contributed by atoms with Gasteiger partial charge in [0.1, 0.15) is 0 Å². The SMILES string of the molecule is CN(C)C(c1ccc(Cl)cc1)C(N)CC(=O)O. The van der Waals surface area contributed by atoms with Gasteiger partial charge in [-0.15, -0.1) is 0 Å². The van der Waals surface area contributed by atoms with Gasteiger partial charge in [-0.3, -0.25) is 4.79 Å². The maximum atomic E-state index is 10.7. The monoisotopic (exact) mass is 256 g/mol. The minimum absolute atomic E-state index is 0.0640. The molecule has 0 radical (unpaired) electrons. The zero-order chi connectivity index (χ0) is 13.0. The second-order valence-corrected chi connectivity index (χ2v) is 4.66. The number of aliphatic carboxylic acids is 1. The van der Waals surface area contributed by atoms with E-state index in [1.165, 1.54) is 0 Å². The summed E-state index contributed by atoms with van der Waals surface area (Å²) < 4.78 is 0. The predicted molar refractivity (Wildman–Crippen MR) is 68.1 cm³/mol. The summed E-state index contributed by atoms with van der Waals surface area (Å²) in [6.45, 7) is 0. The minimum atomic E-state index is -0.890. The number of likely N-dealkylation sites (N-methyl/N-ethyl adjacent to an activating group) is 1. The van der Waals surface area contributed by atoms with Crippen LogP contribution < -0.4 is 5.73 Å². The lowest BCUT2D eigenvalue weighted by Crippen LogP contribution is -2.38. The Morgan fingerprint density at radius 1 is 1.41 bits per heavy atom. The van der Waals surface area contributed by atoms with Crippen molar-refractivity contribution in [2.75, 3.05) is 14.1 Å². The molecule has 0 saturated heterocycles. The van der Waals surface area contributed by atoms with Crippen molar-refractivity contribution >= 4 is 17.6 Å². The lowest BCUT2D eigenvalue weighted by molar-refractivity contribution is -0.137. The van der Waals surface area contributed by atoms with Crippen molar-refractivity contribution in [1.82, 2.24) is 4.90 Å². The number of hydrogen-bond donors (Lipinski definition) is 2. The highest BCUT2D eigenvalue weighted by Crippen LogP contribution is 2.24. The molecule has 0 saturated carbocycles. The molecule has 1 aromatic carbocycles. The third kappa shape index (κ3) is 4.00. The first-order valence-electron chi connectivity index (χ1n) is 5.31. The molecule has 5 heteroatoms. The van der Waals surface area contributed by atoms with Crippen molar-refractivity contribution in [3.8, 4) is 0 Å². The van der Waals surface area contributed by atoms with Crippen molar-refractivity contribution in [3.05, 3.63) is 34.9 Å². The number of carbonyl (C=O) groups is 1. The van der Waals surface area contributed by atoms with E-state index in [1.807, 2.05) is 31.1 Å². The number of nitrogens with zero attached hydrogens (tertiary/aromatic N) is 1. The lowest BCUT2D eigenvalue weighted by Gasteiger charge is -2.29. The van der Waals surface area contributed by atoms with Gasteiger partial charge >= 0.3 is 5.97 Å². The number of carboxylic acids is 1. The second kappa shape index (κ2) is 6.00. The van der Waals surface area contributed by atoms with E-state index in [0.717, 1.165) is 5.56 Å². The Hall–Kier alpha value is -1.10. The Labute approximate surface area is 106 Å². The van der Waals surface area contributed by atoms with E-state index in [-0.39, 0.29) is 12.5 Å². The van der Waals surface area contributed by atoms with Gasteiger partial charge in [0.2, 0.25) is 0 Å². The Bertz CT molecular complexity index is 379. The fraction of sp³-hybridized carbons (Fsp3) is 0.417. The highest BCUT2D eigenvalue weighted by atomic mass is 35.5. The maximum absolute atomic E-state index is 10.7. The van der Waals surface area contributed by atoms with Gasteiger partial charge in [0.05, 0.1) is 6.42 Å². The zero-order valence-corrected chi connectivity index (χ0v) is 10.7. The molecule has 94 valence electrons. The smallest absolute Gasteiger partial charge is 0.304 e. The van der Waals surface area contributed by atoms with Crippen molar-refractivity contribution in [2.24, 2.45) is 5.73 Å². The number of halogens is 1. The molecule has 0 aliphatic carbocycles. The van der Waals surface area contributed by atoms with Crippen molar-refractivity contribution in [2.45, 2.75) is 18.5 Å². The topological polar surface area (TPSA) is 66.6 Å². The van der Waals surface area contributed by atoms with E-state index < -0.39 is 12.0 Å². The molecule has 4 nitrogen and oxygen atoms in total. The predicted octanol–water partition coefficient (Wildman–Crippen LogP) is 1.74. The molecule has 1 rings (SSSR count). The summed E-state index contributed by atoms with van der Waals surface area (Å²) in [5, 5.41) is 9.44. The van der Waals surface area contributed by atoms with Crippen LogP contribution in [0.25, 0.3) is 0 Å². The Balaban J connectivity index is 2.92. The fourth-order valence-electron chi connectivity index (χ4n) is 1.90. The largest absolute Gasteiger partial charge is 0.481 e. The van der Waals surface area contributed by atoms with Gasteiger partial charge in [-0.05, 0) is 31.8 Å². The second-order valence-electron chi connectivity index (χ2n) is 4.22. The van der Waals surface area contributed by atoms with Crippen LogP contribution >= 0.6 is 11.6 Å². The standard InChI is InChI=1S/C12H17ClN2O2/c1-15(2)12(10(14)7-11(16)17)8-3-5-9(13)6-4-8/h3-6,10,12H,7,14H2,1-2H3,(H,16,17). The van der Waals surface area contributed by atoms with Crippen LogP contribution in [0.2, 0.25) is 5.02 Å². The summed E-state index contributed by atoms with van der Waals surface area (Å²) in [6, 6.07) is 6.71. The average Bonchev–Trinajstić information content (AvgIpc) is 2.19. The van der Waals surface area contributed by atoms with Gasteiger partial charge < -0.3 is 15.7 Å². The Morgan fingerprint density at radius 3 is 2.35 bits per heavy atom. The summed E-state index contributed by atoms with van der Waals surface area (Å²) in [6.07, 6.45) is -0.0640. The summed E-state index contributed by atoms with van der Waals surface area (Å²) in [4.78, 5) is 12.6. The molecule has 1 aromatic rings. The van der Waals surface area contributed by atoms with Gasteiger partial charge in [-0.2, -0.15) is 0 Å². The van der Waals surface area contributed by atoms with E-state index in [0.29, 0.717) is 5.02 Å². The molecular weight excluding hydrogens is 240 g/mol. The summed E-state index contributed by atoms with van der Waals surface area (Å²) in [7, 11) is 3.75. The van der Waals surface area contributed by atoms with Crippen LogP contribution in [0.4, 0.5) is 0 Å². The molecule has 0 aliphatic heterocycles. The minimum Gasteiger partial charge on any atom is -0.481 e. The van der Waals surface area contributed by atoms with Crippen molar-refractivity contribution in [1.29, 1.82) is 0 Å². The molecule has 2 unspecified atom stereocenters. The van der Waals surface area contributed by atoms with E-state index in [4.69, 9.17) is 22.4 Å². The van der Waals surface area contributed by atoms with Crippen LogP contribution in [-0.2, 0) is 4.79 Å². The van der Waals surface area contributed by atoms with Gasteiger partial charge in [-0.1, -0.05) is 23.7 Å². The molecule has 0 heterocycles. The van der Waals surface area contributed by atoms with E-state index in [1.54, 1.807) is 12.1 Å². The van der Waals surface area contributed by atoms with E-state index >= 15 is 0 Å². The zero-order valence-electron chi connectivity index (χ0n) is 9.93. The highest BCUT2D eigenvalue weighted by molar-refractivity contribution is 6.30. The molecule has 0 amide bonds. The summed E-state index contributed by atoms with van der Waals surface area (Å²) in [5.74, 6) is -0.890. The Morgan fingerprint density at radius 2 is 1.94 bits per heavy atom. The van der Waals surface area contributed by atoms with Crippen LogP contribution in [0.3, 0.4) is 0 Å². The maximum Gasteiger partial charge on any atom is 0.304 e. The van der Waals surface area contributed by atoms with Crippen molar-refractivity contribution < 1.29 is 9.90 Å². The number of hydrogen-bond acceptors (Lipinski definition) is 3. The molecule has 0 spiro atoms. The number of nitrogens with two attached hydrogens (primary N) is 1. The summed E-state index contributed by atoms with van der Waals surface area (Å²) in [5.41, 5.74) is 6.90. The summed E-state index contributed by atoms with van der Waals surface area (Å²) >= 11 is 5.82. The van der Waals surface area contributed by atoms with E-state index in [9.17, 15) is 4.79 Å². The molecular formula is C12H17ClN2O2. The van der Waals surface area contributed by atoms with Crippen LogP contribution in [0.15, 0.2) is 24.3 Å². The van der Waals surface area contributed by atoms with Crippen molar-refractivity contribution in [3.63, 3.8) is 0 Å². The first-order valence-corrected chi connectivity index (χ1v) is 5.69. The molecule has 0 fully saturated rings. The third-order valence-corrected chi connectivity index (χ3v) is 2.84. The molecule has 0 bridgehead atoms. The first kappa shape index (κ1) is 14.0. The van der Waals surface area contributed by atoms with Crippen LogP contribution in [-0.4, -0.2) is 36.1 Å². The van der Waals surface area contributed by atoms with Crippen LogP contribution in [0, 0.1) is 0 Å². The number of benzene rings is 1. The third-order valence-electron chi connectivity index (χ3n) is 2.58. The van der Waals surface area contributed by atoms with Crippen LogP contribution in [0.1, 0.15) is 18.0 Å². The van der Waals surface area contributed by atoms with E-state index in [2.05, 4.69) is 0 Å². The molecule has 0 aliphatic rings. The molecule has 17 heavy (non-hydrogen) atoms. The molecule has 2 atom stereocenters. The lowest BCUT2D eigenvalue weighted by atomic mass is 9.96. The normalized spacial score (nSPS) is 14.6. The highest BCUT2D eigenvalue weighted by Gasteiger charge is 2.23.